The monoisotopic (exact) mass is 219 g/mol. The topological polar surface area (TPSA) is 12.5 Å². The number of likely N-dealkylation sites (N-methyl/N-ethyl adjacent to an activating group) is 1. The number of methoxy groups -OCH3 is 1. The molecule has 1 aliphatic heterocycles. The molecule has 0 N–H and O–H groups in total. The number of benzene rings is 1. The summed E-state index contributed by atoms with van der Waals surface area (Å²) in [5.41, 5.74) is 4.18. The number of fused-ring (bicyclic) bond motifs is 1. The van der Waals surface area contributed by atoms with Crippen LogP contribution in [0.15, 0.2) is 12.1 Å². The highest BCUT2D eigenvalue weighted by Gasteiger charge is 2.23. The SMILES string of the molecule is CCN1CCc2cc(C)c(OC)cc2C1C. The van der Waals surface area contributed by atoms with Crippen molar-refractivity contribution in [3.05, 3.63) is 28.8 Å². The summed E-state index contributed by atoms with van der Waals surface area (Å²) in [5, 5.41) is 0. The number of rotatable bonds is 2. The van der Waals surface area contributed by atoms with Crippen molar-refractivity contribution in [1.82, 2.24) is 4.90 Å². The molecule has 88 valence electrons. The van der Waals surface area contributed by atoms with Crippen LogP contribution in [0.2, 0.25) is 0 Å². The van der Waals surface area contributed by atoms with Crippen molar-refractivity contribution < 1.29 is 4.74 Å². The van der Waals surface area contributed by atoms with E-state index in [9.17, 15) is 0 Å². The summed E-state index contributed by atoms with van der Waals surface area (Å²) in [6.07, 6.45) is 1.17. The summed E-state index contributed by atoms with van der Waals surface area (Å²) in [4.78, 5) is 2.51. The Balaban J connectivity index is 2.42. The second-order valence-electron chi connectivity index (χ2n) is 4.58. The molecule has 1 heterocycles. The first-order chi connectivity index (χ1) is 7.67. The summed E-state index contributed by atoms with van der Waals surface area (Å²) in [6.45, 7) is 8.94. The Kier molecular flexibility index (Phi) is 3.20. The first kappa shape index (κ1) is 11.5. The Morgan fingerprint density at radius 2 is 2.19 bits per heavy atom. The molecule has 1 aromatic rings. The minimum atomic E-state index is 0.517. The number of ether oxygens (including phenoxy) is 1. The molecule has 2 heteroatoms. The number of hydrogen-bond donors (Lipinski definition) is 0. The molecule has 0 fully saturated rings. The molecule has 0 radical (unpaired) electrons. The van der Waals surface area contributed by atoms with Crippen LogP contribution in [-0.2, 0) is 6.42 Å². The Bertz CT molecular complexity index is 387. The van der Waals surface area contributed by atoms with Crippen LogP contribution in [0.25, 0.3) is 0 Å². The Labute approximate surface area is 98.2 Å². The van der Waals surface area contributed by atoms with Crippen molar-refractivity contribution in [3.63, 3.8) is 0 Å². The van der Waals surface area contributed by atoms with E-state index in [4.69, 9.17) is 4.74 Å². The molecule has 1 aliphatic rings. The zero-order valence-corrected chi connectivity index (χ0v) is 10.7. The van der Waals surface area contributed by atoms with Crippen molar-refractivity contribution >= 4 is 0 Å². The van der Waals surface area contributed by atoms with Crippen molar-refractivity contribution in [3.8, 4) is 5.75 Å². The van der Waals surface area contributed by atoms with Gasteiger partial charge >= 0.3 is 0 Å². The van der Waals surface area contributed by atoms with Gasteiger partial charge in [-0.15, -0.1) is 0 Å². The number of hydrogen-bond acceptors (Lipinski definition) is 2. The summed E-state index contributed by atoms with van der Waals surface area (Å²) in [5.74, 6) is 1.02. The molecule has 1 atom stereocenters. The molecular formula is C14H21NO. The standard InChI is InChI=1S/C14H21NO/c1-5-15-7-6-12-8-10(2)14(16-4)9-13(12)11(15)3/h8-9,11H,5-7H2,1-4H3. The Hall–Kier alpha value is -1.02. The van der Waals surface area contributed by atoms with Crippen molar-refractivity contribution in [2.45, 2.75) is 33.2 Å². The van der Waals surface area contributed by atoms with Crippen LogP contribution in [0.4, 0.5) is 0 Å². The summed E-state index contributed by atoms with van der Waals surface area (Å²) in [6, 6.07) is 5.03. The Morgan fingerprint density at radius 1 is 1.44 bits per heavy atom. The predicted octanol–water partition coefficient (Wildman–Crippen LogP) is 2.94. The third kappa shape index (κ3) is 1.82. The highest BCUT2D eigenvalue weighted by Crippen LogP contribution is 2.33. The molecule has 1 unspecified atom stereocenters. The fraction of sp³-hybridized carbons (Fsp3) is 0.571. The molecule has 2 nitrogen and oxygen atoms in total. The van der Waals surface area contributed by atoms with E-state index in [1.54, 1.807) is 7.11 Å². The highest BCUT2D eigenvalue weighted by atomic mass is 16.5. The van der Waals surface area contributed by atoms with Crippen LogP contribution in [0.1, 0.15) is 36.6 Å². The normalized spacial score (nSPS) is 20.6. The summed E-state index contributed by atoms with van der Waals surface area (Å²) >= 11 is 0. The van der Waals surface area contributed by atoms with E-state index in [1.165, 1.54) is 29.7 Å². The average Bonchev–Trinajstić information content (AvgIpc) is 2.29. The van der Waals surface area contributed by atoms with Gasteiger partial charge in [0.2, 0.25) is 0 Å². The van der Waals surface area contributed by atoms with Crippen LogP contribution < -0.4 is 4.74 Å². The quantitative estimate of drug-likeness (QED) is 0.758. The molecule has 0 saturated heterocycles. The van der Waals surface area contributed by atoms with Crippen LogP contribution in [0.3, 0.4) is 0 Å². The minimum Gasteiger partial charge on any atom is -0.496 e. The van der Waals surface area contributed by atoms with E-state index in [2.05, 4.69) is 37.8 Å². The van der Waals surface area contributed by atoms with Crippen LogP contribution in [-0.4, -0.2) is 25.1 Å². The van der Waals surface area contributed by atoms with Gasteiger partial charge in [-0.2, -0.15) is 0 Å². The van der Waals surface area contributed by atoms with Gasteiger partial charge in [0.15, 0.2) is 0 Å². The molecule has 0 bridgehead atoms. The third-order valence-corrected chi connectivity index (χ3v) is 3.73. The molecule has 16 heavy (non-hydrogen) atoms. The van der Waals surface area contributed by atoms with Crippen LogP contribution >= 0.6 is 0 Å². The van der Waals surface area contributed by atoms with Gasteiger partial charge in [-0.25, -0.2) is 0 Å². The first-order valence-corrected chi connectivity index (χ1v) is 6.08. The van der Waals surface area contributed by atoms with Gasteiger partial charge in [0.1, 0.15) is 5.75 Å². The first-order valence-electron chi connectivity index (χ1n) is 6.08. The van der Waals surface area contributed by atoms with Crippen LogP contribution in [0, 0.1) is 6.92 Å². The molecule has 0 saturated carbocycles. The average molecular weight is 219 g/mol. The summed E-state index contributed by atoms with van der Waals surface area (Å²) < 4.78 is 5.41. The molecule has 0 amide bonds. The van der Waals surface area contributed by atoms with E-state index in [1.807, 2.05) is 0 Å². The van der Waals surface area contributed by atoms with Gasteiger partial charge in [-0.05, 0) is 49.6 Å². The van der Waals surface area contributed by atoms with E-state index in [0.29, 0.717) is 6.04 Å². The van der Waals surface area contributed by atoms with Crippen molar-refractivity contribution in [2.75, 3.05) is 20.2 Å². The lowest BCUT2D eigenvalue weighted by atomic mass is 9.91. The van der Waals surface area contributed by atoms with Gasteiger partial charge in [0.05, 0.1) is 7.11 Å². The molecule has 0 spiro atoms. The zero-order valence-electron chi connectivity index (χ0n) is 10.7. The second kappa shape index (κ2) is 4.46. The smallest absolute Gasteiger partial charge is 0.122 e. The number of nitrogens with zero attached hydrogens (tertiary/aromatic N) is 1. The molecule has 2 rings (SSSR count). The molecule has 1 aromatic carbocycles. The maximum atomic E-state index is 5.41. The lowest BCUT2D eigenvalue weighted by Gasteiger charge is -2.34. The minimum absolute atomic E-state index is 0.517. The fourth-order valence-electron chi connectivity index (χ4n) is 2.68. The fourth-order valence-corrected chi connectivity index (χ4v) is 2.68. The van der Waals surface area contributed by atoms with E-state index < -0.39 is 0 Å². The molecular weight excluding hydrogens is 198 g/mol. The largest absolute Gasteiger partial charge is 0.496 e. The van der Waals surface area contributed by atoms with Gasteiger partial charge in [-0.1, -0.05) is 13.0 Å². The molecule has 0 aliphatic carbocycles. The van der Waals surface area contributed by atoms with Crippen LogP contribution in [0.5, 0.6) is 5.75 Å². The lowest BCUT2D eigenvalue weighted by Crippen LogP contribution is -2.33. The lowest BCUT2D eigenvalue weighted by molar-refractivity contribution is 0.209. The second-order valence-corrected chi connectivity index (χ2v) is 4.58. The van der Waals surface area contributed by atoms with E-state index >= 15 is 0 Å². The van der Waals surface area contributed by atoms with E-state index in [0.717, 1.165) is 12.3 Å². The van der Waals surface area contributed by atoms with E-state index in [-0.39, 0.29) is 0 Å². The van der Waals surface area contributed by atoms with Crippen molar-refractivity contribution in [1.29, 1.82) is 0 Å². The maximum absolute atomic E-state index is 5.41. The Morgan fingerprint density at radius 3 is 2.81 bits per heavy atom. The van der Waals surface area contributed by atoms with Gasteiger partial charge in [0, 0.05) is 12.6 Å². The van der Waals surface area contributed by atoms with Crippen molar-refractivity contribution in [2.24, 2.45) is 0 Å². The maximum Gasteiger partial charge on any atom is 0.122 e. The molecule has 0 aromatic heterocycles. The summed E-state index contributed by atoms with van der Waals surface area (Å²) in [7, 11) is 1.75. The third-order valence-electron chi connectivity index (χ3n) is 3.73. The van der Waals surface area contributed by atoms with Gasteiger partial charge in [-0.3, -0.25) is 4.90 Å². The van der Waals surface area contributed by atoms with Gasteiger partial charge < -0.3 is 4.74 Å². The number of aryl methyl sites for hydroxylation is 1. The van der Waals surface area contributed by atoms with Gasteiger partial charge in [0.25, 0.3) is 0 Å². The zero-order chi connectivity index (χ0) is 11.7. The highest BCUT2D eigenvalue weighted by molar-refractivity contribution is 5.44. The predicted molar refractivity (Wildman–Crippen MR) is 67.1 cm³/mol.